The molecule has 9 heteroatoms. The minimum Gasteiger partial charge on any atom is -0.349 e. The van der Waals surface area contributed by atoms with Crippen LogP contribution in [0.25, 0.3) is 0 Å². The van der Waals surface area contributed by atoms with E-state index in [1.165, 1.54) is 24.6 Å². The van der Waals surface area contributed by atoms with Crippen LogP contribution in [0.5, 0.6) is 0 Å². The predicted molar refractivity (Wildman–Crippen MR) is 114 cm³/mol. The molecule has 2 aromatic rings. The molecule has 2 aromatic carbocycles. The molecule has 0 spiro atoms. The number of rotatable bonds is 5. The largest absolute Gasteiger partial charge is 0.349 e. The summed E-state index contributed by atoms with van der Waals surface area (Å²) in [7, 11) is -4.08. The molecule has 1 aliphatic heterocycles. The number of anilines is 1. The Morgan fingerprint density at radius 2 is 1.65 bits per heavy atom. The van der Waals surface area contributed by atoms with Gasteiger partial charge >= 0.3 is 0 Å². The molecule has 0 atom stereocenters. The van der Waals surface area contributed by atoms with E-state index in [-0.39, 0.29) is 28.1 Å². The summed E-state index contributed by atoms with van der Waals surface area (Å²) < 4.78 is 25.8. The van der Waals surface area contributed by atoms with Gasteiger partial charge in [-0.25, -0.2) is 12.7 Å². The van der Waals surface area contributed by atoms with Gasteiger partial charge in [-0.1, -0.05) is 43.5 Å². The molecular formula is C22H23N3O5S. The van der Waals surface area contributed by atoms with Crippen molar-refractivity contribution in [2.24, 2.45) is 0 Å². The molecule has 1 fully saturated rings. The third kappa shape index (κ3) is 4.18. The molecule has 2 N–H and O–H groups in total. The third-order valence-corrected chi connectivity index (χ3v) is 7.37. The first-order valence-electron chi connectivity index (χ1n) is 10.2. The van der Waals surface area contributed by atoms with Gasteiger partial charge in [0.2, 0.25) is 5.91 Å². The molecular weight excluding hydrogens is 418 g/mol. The Labute approximate surface area is 180 Å². The lowest BCUT2D eigenvalue weighted by atomic mass is 9.95. The summed E-state index contributed by atoms with van der Waals surface area (Å²) in [6, 6.07) is 12.5. The van der Waals surface area contributed by atoms with Crippen molar-refractivity contribution in [2.45, 2.75) is 43.0 Å². The molecule has 0 radical (unpaired) electrons. The fraction of sp³-hybridized carbons (Fsp3) is 0.318. The molecule has 1 heterocycles. The van der Waals surface area contributed by atoms with Crippen LogP contribution in [0.2, 0.25) is 0 Å². The Hall–Kier alpha value is -3.20. The molecule has 4 rings (SSSR count). The number of carbonyl (C=O) groups is 3. The molecule has 0 bridgehead atoms. The maximum atomic E-state index is 12.7. The van der Waals surface area contributed by atoms with Gasteiger partial charge in [0, 0.05) is 6.04 Å². The normalized spacial score (nSPS) is 17.8. The number of hydrogen-bond acceptors (Lipinski definition) is 5. The van der Waals surface area contributed by atoms with Crippen molar-refractivity contribution in [3.63, 3.8) is 0 Å². The maximum absolute atomic E-state index is 12.7. The minimum atomic E-state index is -4.08. The van der Waals surface area contributed by atoms with Gasteiger partial charge in [-0.3, -0.25) is 14.4 Å². The van der Waals surface area contributed by atoms with E-state index < -0.39 is 28.4 Å². The van der Waals surface area contributed by atoms with E-state index in [4.69, 9.17) is 0 Å². The van der Waals surface area contributed by atoms with Crippen molar-refractivity contribution in [1.29, 1.82) is 0 Å². The van der Waals surface area contributed by atoms with E-state index in [1.54, 1.807) is 30.3 Å². The molecule has 3 amide bonds. The van der Waals surface area contributed by atoms with Crippen molar-refractivity contribution < 1.29 is 22.8 Å². The van der Waals surface area contributed by atoms with Gasteiger partial charge in [-0.05, 0) is 37.1 Å². The smallest absolute Gasteiger partial charge is 0.269 e. The van der Waals surface area contributed by atoms with Crippen LogP contribution in [0.4, 0.5) is 5.69 Å². The Bertz CT molecular complexity index is 1140. The van der Waals surface area contributed by atoms with Crippen LogP contribution in [0.3, 0.4) is 0 Å². The quantitative estimate of drug-likeness (QED) is 0.740. The number of nitrogens with one attached hydrogen (secondary N) is 2. The predicted octanol–water partition coefficient (Wildman–Crippen LogP) is 2.53. The summed E-state index contributed by atoms with van der Waals surface area (Å²) in [4.78, 5) is 37.7. The van der Waals surface area contributed by atoms with Gasteiger partial charge in [0.15, 0.2) is 0 Å². The number of nitrogens with zero attached hydrogens (tertiary/aromatic N) is 1. The zero-order valence-corrected chi connectivity index (χ0v) is 17.7. The highest BCUT2D eigenvalue weighted by molar-refractivity contribution is 7.90. The molecule has 31 heavy (non-hydrogen) atoms. The average Bonchev–Trinajstić information content (AvgIpc) is 2.96. The first-order chi connectivity index (χ1) is 14.9. The second-order valence-electron chi connectivity index (χ2n) is 7.72. The fourth-order valence-corrected chi connectivity index (χ4v) is 5.53. The van der Waals surface area contributed by atoms with Crippen LogP contribution in [0.1, 0.15) is 52.8 Å². The molecule has 0 saturated heterocycles. The molecule has 1 aliphatic carbocycles. The molecule has 162 valence electrons. The maximum Gasteiger partial charge on any atom is 0.269 e. The highest BCUT2D eigenvalue weighted by Crippen LogP contribution is 2.29. The number of fused-ring (bicyclic) bond motifs is 1. The average molecular weight is 442 g/mol. The summed E-state index contributed by atoms with van der Waals surface area (Å²) in [5, 5.41) is 5.59. The lowest BCUT2D eigenvalue weighted by molar-refractivity contribution is -0.116. The van der Waals surface area contributed by atoms with Crippen molar-refractivity contribution in [3.8, 4) is 0 Å². The van der Waals surface area contributed by atoms with Crippen molar-refractivity contribution in [2.75, 3.05) is 11.9 Å². The van der Waals surface area contributed by atoms with E-state index in [0.29, 0.717) is 9.87 Å². The number of para-hydroxylation sites is 1. The van der Waals surface area contributed by atoms with Gasteiger partial charge in [-0.15, -0.1) is 0 Å². The SMILES string of the molecule is O=C(CN1C(=O)c2ccccc2S1(=O)=O)Nc1ccccc1C(=O)NC1CCCCC1. The van der Waals surface area contributed by atoms with E-state index in [9.17, 15) is 22.8 Å². The summed E-state index contributed by atoms with van der Waals surface area (Å²) >= 11 is 0. The Kier molecular flexibility index (Phi) is 5.77. The van der Waals surface area contributed by atoms with Gasteiger partial charge in [0.25, 0.3) is 21.8 Å². The lowest BCUT2D eigenvalue weighted by Gasteiger charge is -2.23. The number of hydrogen-bond donors (Lipinski definition) is 2. The van der Waals surface area contributed by atoms with Crippen molar-refractivity contribution in [1.82, 2.24) is 9.62 Å². The monoisotopic (exact) mass is 441 g/mol. The van der Waals surface area contributed by atoms with Crippen LogP contribution in [0, 0.1) is 0 Å². The Morgan fingerprint density at radius 3 is 2.39 bits per heavy atom. The number of benzene rings is 2. The summed E-state index contributed by atoms with van der Waals surface area (Å²) in [6.45, 7) is -0.672. The van der Waals surface area contributed by atoms with Gasteiger partial charge < -0.3 is 10.6 Å². The first kappa shape index (κ1) is 21.0. The van der Waals surface area contributed by atoms with E-state index in [1.807, 2.05) is 0 Å². The van der Waals surface area contributed by atoms with Crippen LogP contribution in [-0.2, 0) is 14.8 Å². The van der Waals surface area contributed by atoms with Crippen LogP contribution in [-0.4, -0.2) is 43.0 Å². The second kappa shape index (κ2) is 8.50. The summed E-state index contributed by atoms with van der Waals surface area (Å²) in [5.74, 6) is -1.74. The molecule has 0 unspecified atom stereocenters. The fourth-order valence-electron chi connectivity index (χ4n) is 4.01. The van der Waals surface area contributed by atoms with E-state index in [2.05, 4.69) is 10.6 Å². The Morgan fingerprint density at radius 1 is 0.968 bits per heavy atom. The van der Waals surface area contributed by atoms with Crippen LogP contribution < -0.4 is 10.6 Å². The summed E-state index contributed by atoms with van der Waals surface area (Å²) in [5.41, 5.74) is 0.602. The highest BCUT2D eigenvalue weighted by atomic mass is 32.2. The first-order valence-corrected chi connectivity index (χ1v) is 11.7. The zero-order chi connectivity index (χ0) is 22.0. The zero-order valence-electron chi connectivity index (χ0n) is 16.8. The number of sulfonamides is 1. The van der Waals surface area contributed by atoms with E-state index >= 15 is 0 Å². The molecule has 0 aromatic heterocycles. The minimum absolute atomic E-state index is 0.0440. The lowest BCUT2D eigenvalue weighted by Crippen LogP contribution is -2.38. The van der Waals surface area contributed by atoms with Gasteiger partial charge in [0.05, 0.1) is 16.8 Å². The Balaban J connectivity index is 1.47. The molecule has 2 aliphatic rings. The standard InChI is InChI=1S/C22H23N3O5S/c26-20(14-25-22(28)17-11-5-7-13-19(17)31(25,29)30)24-18-12-6-4-10-16(18)21(27)23-15-8-2-1-3-9-15/h4-7,10-13,15H,1-3,8-9,14H2,(H,23,27)(H,24,26). The van der Waals surface area contributed by atoms with Crippen LogP contribution >= 0.6 is 0 Å². The summed E-state index contributed by atoms with van der Waals surface area (Å²) in [6.07, 6.45) is 5.17. The highest BCUT2D eigenvalue weighted by Gasteiger charge is 2.41. The van der Waals surface area contributed by atoms with Gasteiger partial charge in [-0.2, -0.15) is 0 Å². The second-order valence-corrected chi connectivity index (χ2v) is 9.55. The number of amides is 3. The van der Waals surface area contributed by atoms with E-state index in [0.717, 1.165) is 25.7 Å². The molecule has 1 saturated carbocycles. The third-order valence-electron chi connectivity index (χ3n) is 5.59. The number of carbonyl (C=O) groups excluding carboxylic acids is 3. The van der Waals surface area contributed by atoms with Gasteiger partial charge in [0.1, 0.15) is 11.4 Å². The molecule has 8 nitrogen and oxygen atoms in total. The van der Waals surface area contributed by atoms with Crippen LogP contribution in [0.15, 0.2) is 53.4 Å². The van der Waals surface area contributed by atoms with Crippen molar-refractivity contribution in [3.05, 3.63) is 59.7 Å². The topological polar surface area (TPSA) is 113 Å². The van der Waals surface area contributed by atoms with Crippen molar-refractivity contribution >= 4 is 33.4 Å².